The third-order valence-corrected chi connectivity index (χ3v) is 3.55. The van der Waals surface area contributed by atoms with Crippen LogP contribution in [0.25, 0.3) is 0 Å². The van der Waals surface area contributed by atoms with Crippen molar-refractivity contribution in [3.63, 3.8) is 0 Å². The van der Waals surface area contributed by atoms with Gasteiger partial charge in [-0.3, -0.25) is 4.98 Å². The summed E-state index contributed by atoms with van der Waals surface area (Å²) in [7, 11) is 0. The third kappa shape index (κ3) is 3.39. The van der Waals surface area contributed by atoms with Gasteiger partial charge in [0.15, 0.2) is 0 Å². The van der Waals surface area contributed by atoms with E-state index in [1.165, 1.54) is 6.07 Å². The Kier molecular flexibility index (Phi) is 5.05. The first-order valence-corrected chi connectivity index (χ1v) is 7.11. The van der Waals surface area contributed by atoms with E-state index in [-0.39, 0.29) is 11.9 Å². The van der Waals surface area contributed by atoms with E-state index in [1.54, 1.807) is 18.3 Å². The summed E-state index contributed by atoms with van der Waals surface area (Å²) in [5, 5.41) is 3.35. The van der Waals surface area contributed by atoms with Crippen LogP contribution in [0.1, 0.15) is 30.6 Å². The summed E-state index contributed by atoms with van der Waals surface area (Å²) in [5.74, 6) is -0.214. The second-order valence-corrected chi connectivity index (χ2v) is 5.13. The molecule has 0 aliphatic carbocycles. The van der Waals surface area contributed by atoms with Crippen LogP contribution in [0.3, 0.4) is 0 Å². The normalized spacial score (nSPS) is 12.4. The summed E-state index contributed by atoms with van der Waals surface area (Å²) in [6.07, 6.45) is 2.71. The zero-order chi connectivity index (χ0) is 13.7. The van der Waals surface area contributed by atoms with Crippen LogP contribution in [0.4, 0.5) is 4.39 Å². The highest BCUT2D eigenvalue weighted by atomic mass is 79.9. The maximum Gasteiger partial charge on any atom is 0.128 e. The molecular weight excluding hydrogens is 307 g/mol. The SMILES string of the molecule is CCCNC(c1ccccc1F)c1ncccc1Br. The summed E-state index contributed by atoms with van der Waals surface area (Å²) in [6.45, 7) is 2.89. The fourth-order valence-electron chi connectivity index (χ4n) is 1.96. The minimum Gasteiger partial charge on any atom is -0.305 e. The fourth-order valence-corrected chi connectivity index (χ4v) is 2.45. The van der Waals surface area contributed by atoms with E-state index in [0.717, 1.165) is 23.1 Å². The van der Waals surface area contributed by atoms with Gasteiger partial charge >= 0.3 is 0 Å². The molecule has 2 nitrogen and oxygen atoms in total. The molecule has 0 aliphatic rings. The molecular formula is C15H16BrFN2. The number of hydrogen-bond acceptors (Lipinski definition) is 2. The number of nitrogens with one attached hydrogen (secondary N) is 1. The van der Waals surface area contributed by atoms with Crippen molar-refractivity contribution in [3.8, 4) is 0 Å². The Morgan fingerprint density at radius 2 is 2.05 bits per heavy atom. The van der Waals surface area contributed by atoms with E-state index < -0.39 is 0 Å². The smallest absolute Gasteiger partial charge is 0.128 e. The molecule has 1 aromatic carbocycles. The Hall–Kier alpha value is -1.26. The van der Waals surface area contributed by atoms with Crippen LogP contribution in [-0.2, 0) is 0 Å². The fraction of sp³-hybridized carbons (Fsp3) is 0.267. The molecule has 0 saturated carbocycles. The van der Waals surface area contributed by atoms with Gasteiger partial charge in [0.05, 0.1) is 11.7 Å². The van der Waals surface area contributed by atoms with Gasteiger partial charge in [-0.25, -0.2) is 4.39 Å². The summed E-state index contributed by atoms with van der Waals surface area (Å²) in [4.78, 5) is 4.37. The summed E-state index contributed by atoms with van der Waals surface area (Å²) >= 11 is 3.49. The molecule has 1 atom stereocenters. The first-order chi connectivity index (χ1) is 9.24. The van der Waals surface area contributed by atoms with Gasteiger partial charge in [-0.15, -0.1) is 0 Å². The van der Waals surface area contributed by atoms with Crippen molar-refractivity contribution in [2.45, 2.75) is 19.4 Å². The number of pyridine rings is 1. The van der Waals surface area contributed by atoms with Crippen molar-refractivity contribution in [1.82, 2.24) is 10.3 Å². The minimum atomic E-state index is -0.239. The van der Waals surface area contributed by atoms with Crippen molar-refractivity contribution >= 4 is 15.9 Å². The number of nitrogens with zero attached hydrogens (tertiary/aromatic N) is 1. The first-order valence-electron chi connectivity index (χ1n) is 6.32. The van der Waals surface area contributed by atoms with Gasteiger partial charge in [0.2, 0.25) is 0 Å². The number of halogens is 2. The van der Waals surface area contributed by atoms with E-state index in [0.29, 0.717) is 5.56 Å². The maximum absolute atomic E-state index is 14.0. The number of hydrogen-bond donors (Lipinski definition) is 1. The van der Waals surface area contributed by atoms with Crippen molar-refractivity contribution in [1.29, 1.82) is 0 Å². The monoisotopic (exact) mass is 322 g/mol. The largest absolute Gasteiger partial charge is 0.305 e. The Morgan fingerprint density at radius 3 is 2.74 bits per heavy atom. The van der Waals surface area contributed by atoms with Crippen molar-refractivity contribution in [2.75, 3.05) is 6.54 Å². The molecule has 1 unspecified atom stereocenters. The maximum atomic E-state index is 14.0. The molecule has 0 saturated heterocycles. The molecule has 0 radical (unpaired) electrons. The molecule has 19 heavy (non-hydrogen) atoms. The zero-order valence-electron chi connectivity index (χ0n) is 10.7. The first kappa shape index (κ1) is 14.2. The summed E-state index contributed by atoms with van der Waals surface area (Å²) in [6, 6.07) is 10.3. The van der Waals surface area contributed by atoms with E-state index in [1.807, 2.05) is 18.2 Å². The molecule has 0 aliphatic heterocycles. The third-order valence-electron chi connectivity index (χ3n) is 2.88. The molecule has 100 valence electrons. The van der Waals surface area contributed by atoms with E-state index in [9.17, 15) is 4.39 Å². The van der Waals surface area contributed by atoms with E-state index in [4.69, 9.17) is 0 Å². The summed E-state index contributed by atoms with van der Waals surface area (Å²) in [5.41, 5.74) is 1.43. The van der Waals surface area contributed by atoms with Crippen LogP contribution in [-0.4, -0.2) is 11.5 Å². The van der Waals surface area contributed by atoms with E-state index >= 15 is 0 Å². The molecule has 0 bridgehead atoms. The number of benzene rings is 1. The van der Waals surface area contributed by atoms with Crippen LogP contribution in [0, 0.1) is 5.82 Å². The van der Waals surface area contributed by atoms with Crippen molar-refractivity contribution in [2.24, 2.45) is 0 Å². The Bertz CT molecular complexity index is 500. The quantitative estimate of drug-likeness (QED) is 0.897. The molecule has 2 aromatic rings. The summed E-state index contributed by atoms with van der Waals surface area (Å²) < 4.78 is 14.9. The molecule has 1 aromatic heterocycles. The Morgan fingerprint density at radius 1 is 1.26 bits per heavy atom. The van der Waals surface area contributed by atoms with Gasteiger partial charge in [-0.1, -0.05) is 25.1 Å². The topological polar surface area (TPSA) is 24.9 Å². The lowest BCUT2D eigenvalue weighted by Gasteiger charge is -2.20. The Labute approximate surface area is 121 Å². The molecule has 0 fully saturated rings. The number of aromatic nitrogens is 1. The molecule has 1 heterocycles. The van der Waals surface area contributed by atoms with Gasteiger partial charge in [0.25, 0.3) is 0 Å². The highest BCUT2D eigenvalue weighted by Crippen LogP contribution is 2.28. The van der Waals surface area contributed by atoms with Crippen molar-refractivity contribution < 1.29 is 4.39 Å². The van der Waals surface area contributed by atoms with Gasteiger partial charge in [-0.2, -0.15) is 0 Å². The van der Waals surface area contributed by atoms with Gasteiger partial charge < -0.3 is 5.32 Å². The van der Waals surface area contributed by atoms with Crippen LogP contribution in [0.2, 0.25) is 0 Å². The lowest BCUT2D eigenvalue weighted by Crippen LogP contribution is -2.25. The minimum absolute atomic E-state index is 0.214. The average Bonchev–Trinajstić information content (AvgIpc) is 2.42. The molecule has 0 amide bonds. The van der Waals surface area contributed by atoms with Crippen LogP contribution in [0.15, 0.2) is 47.1 Å². The average molecular weight is 323 g/mol. The predicted octanol–water partition coefficient (Wildman–Crippen LogP) is 4.07. The van der Waals surface area contributed by atoms with Crippen molar-refractivity contribution in [3.05, 3.63) is 64.1 Å². The van der Waals surface area contributed by atoms with Crippen LogP contribution >= 0.6 is 15.9 Å². The highest BCUT2D eigenvalue weighted by Gasteiger charge is 2.20. The predicted molar refractivity (Wildman–Crippen MR) is 78.5 cm³/mol. The molecule has 2 rings (SSSR count). The van der Waals surface area contributed by atoms with Gasteiger partial charge in [-0.05, 0) is 47.1 Å². The lowest BCUT2D eigenvalue weighted by molar-refractivity contribution is 0.538. The Balaban J connectivity index is 2.42. The zero-order valence-corrected chi connectivity index (χ0v) is 12.3. The van der Waals surface area contributed by atoms with Crippen LogP contribution in [0.5, 0.6) is 0 Å². The molecule has 4 heteroatoms. The second kappa shape index (κ2) is 6.78. The molecule has 1 N–H and O–H groups in total. The standard InChI is InChI=1S/C15H16BrFN2/c1-2-9-18-14(11-6-3-4-8-13(11)17)15-12(16)7-5-10-19-15/h3-8,10,14,18H,2,9H2,1H3. The van der Waals surface area contributed by atoms with Crippen LogP contribution < -0.4 is 5.32 Å². The number of rotatable bonds is 5. The van der Waals surface area contributed by atoms with Gasteiger partial charge in [0, 0.05) is 16.2 Å². The highest BCUT2D eigenvalue weighted by molar-refractivity contribution is 9.10. The lowest BCUT2D eigenvalue weighted by atomic mass is 10.0. The van der Waals surface area contributed by atoms with Gasteiger partial charge in [0.1, 0.15) is 5.82 Å². The van der Waals surface area contributed by atoms with E-state index in [2.05, 4.69) is 33.2 Å². The molecule has 0 spiro atoms. The second-order valence-electron chi connectivity index (χ2n) is 4.28.